The van der Waals surface area contributed by atoms with Crippen LogP contribution >= 0.6 is 0 Å². The standard InChI is InChI=1S/C11H15NO/c1-10(9-13-12)7-8-11-5-3-2-4-6-11/h2-8,10H,9,12H2,1H3/b8-7+. The third kappa shape index (κ3) is 3.87. The Balaban J connectivity index is 2.49. The van der Waals surface area contributed by atoms with Crippen LogP contribution in [0, 0.1) is 5.92 Å². The van der Waals surface area contributed by atoms with Gasteiger partial charge in [0.2, 0.25) is 0 Å². The summed E-state index contributed by atoms with van der Waals surface area (Å²) < 4.78 is 0. The van der Waals surface area contributed by atoms with Crippen LogP contribution in [-0.2, 0) is 4.84 Å². The summed E-state index contributed by atoms with van der Waals surface area (Å²) in [7, 11) is 0. The molecule has 0 radical (unpaired) electrons. The molecule has 1 unspecified atom stereocenters. The van der Waals surface area contributed by atoms with Crippen LogP contribution < -0.4 is 5.90 Å². The van der Waals surface area contributed by atoms with Crippen LogP contribution in [0.1, 0.15) is 12.5 Å². The largest absolute Gasteiger partial charge is 0.304 e. The van der Waals surface area contributed by atoms with E-state index in [0.29, 0.717) is 12.5 Å². The maximum atomic E-state index is 4.96. The van der Waals surface area contributed by atoms with Gasteiger partial charge in [-0.15, -0.1) is 0 Å². The van der Waals surface area contributed by atoms with Gasteiger partial charge in [-0.25, -0.2) is 5.90 Å². The Morgan fingerprint density at radius 3 is 2.69 bits per heavy atom. The van der Waals surface area contributed by atoms with Gasteiger partial charge in [0, 0.05) is 0 Å². The second kappa shape index (κ2) is 5.51. The van der Waals surface area contributed by atoms with E-state index in [9.17, 15) is 0 Å². The van der Waals surface area contributed by atoms with Crippen LogP contribution in [0.25, 0.3) is 6.08 Å². The molecule has 0 spiro atoms. The lowest BCUT2D eigenvalue weighted by Crippen LogP contribution is -2.07. The number of hydrogen-bond donors (Lipinski definition) is 1. The summed E-state index contributed by atoms with van der Waals surface area (Å²) in [6.45, 7) is 2.62. The number of nitrogens with two attached hydrogens (primary N) is 1. The first-order valence-electron chi connectivity index (χ1n) is 4.38. The minimum absolute atomic E-state index is 0.352. The van der Waals surface area contributed by atoms with Crippen molar-refractivity contribution in [2.45, 2.75) is 6.92 Å². The van der Waals surface area contributed by atoms with Gasteiger partial charge in [-0.1, -0.05) is 49.4 Å². The van der Waals surface area contributed by atoms with Crippen LogP contribution in [0.15, 0.2) is 36.4 Å². The first-order valence-corrected chi connectivity index (χ1v) is 4.38. The summed E-state index contributed by atoms with van der Waals surface area (Å²) >= 11 is 0. The fourth-order valence-corrected chi connectivity index (χ4v) is 1.05. The molecular weight excluding hydrogens is 162 g/mol. The van der Waals surface area contributed by atoms with Crippen molar-refractivity contribution in [3.63, 3.8) is 0 Å². The Hall–Kier alpha value is -1.12. The topological polar surface area (TPSA) is 35.2 Å². The van der Waals surface area contributed by atoms with Crippen LogP contribution in [-0.4, -0.2) is 6.61 Å². The molecule has 1 rings (SSSR count). The van der Waals surface area contributed by atoms with Gasteiger partial charge in [-0.3, -0.25) is 0 Å². The lowest BCUT2D eigenvalue weighted by atomic mass is 10.1. The molecule has 0 aliphatic rings. The molecule has 1 atom stereocenters. The maximum absolute atomic E-state index is 4.96. The normalized spacial score (nSPS) is 13.4. The highest BCUT2D eigenvalue weighted by Crippen LogP contribution is 2.04. The maximum Gasteiger partial charge on any atom is 0.0739 e. The molecule has 1 aromatic carbocycles. The molecule has 0 amide bonds. The highest BCUT2D eigenvalue weighted by atomic mass is 16.6. The molecule has 0 aliphatic heterocycles. The molecule has 1 aromatic rings. The third-order valence-electron chi connectivity index (χ3n) is 1.78. The summed E-state index contributed by atoms with van der Waals surface area (Å²) in [6, 6.07) is 10.2. The van der Waals surface area contributed by atoms with Crippen molar-refractivity contribution in [1.82, 2.24) is 0 Å². The average molecular weight is 177 g/mol. The fourth-order valence-electron chi connectivity index (χ4n) is 1.05. The minimum Gasteiger partial charge on any atom is -0.304 e. The number of rotatable bonds is 4. The van der Waals surface area contributed by atoms with Gasteiger partial charge in [-0.05, 0) is 11.5 Å². The summed E-state index contributed by atoms with van der Waals surface area (Å²) in [6.07, 6.45) is 4.16. The predicted molar refractivity (Wildman–Crippen MR) is 54.8 cm³/mol. The van der Waals surface area contributed by atoms with Crippen LogP contribution in [0.3, 0.4) is 0 Å². The van der Waals surface area contributed by atoms with Gasteiger partial charge < -0.3 is 4.84 Å². The molecule has 0 heterocycles. The van der Waals surface area contributed by atoms with Crippen molar-refractivity contribution in [3.8, 4) is 0 Å². The zero-order valence-electron chi connectivity index (χ0n) is 7.81. The van der Waals surface area contributed by atoms with Crippen molar-refractivity contribution in [1.29, 1.82) is 0 Å². The quantitative estimate of drug-likeness (QED) is 0.716. The van der Waals surface area contributed by atoms with Gasteiger partial charge in [0.15, 0.2) is 0 Å². The molecule has 13 heavy (non-hydrogen) atoms. The van der Waals surface area contributed by atoms with E-state index in [2.05, 4.69) is 36.0 Å². The molecule has 0 saturated heterocycles. The Kier molecular flexibility index (Phi) is 4.23. The van der Waals surface area contributed by atoms with Crippen LogP contribution in [0.2, 0.25) is 0 Å². The third-order valence-corrected chi connectivity index (χ3v) is 1.78. The van der Waals surface area contributed by atoms with E-state index >= 15 is 0 Å². The summed E-state index contributed by atoms with van der Waals surface area (Å²) in [5, 5.41) is 0. The number of benzene rings is 1. The average Bonchev–Trinajstić information content (AvgIpc) is 2.17. The molecule has 0 bridgehead atoms. The second-order valence-corrected chi connectivity index (χ2v) is 3.08. The summed E-state index contributed by atoms with van der Waals surface area (Å²) in [5.41, 5.74) is 1.20. The van der Waals surface area contributed by atoms with Crippen LogP contribution in [0.5, 0.6) is 0 Å². The highest BCUT2D eigenvalue weighted by molar-refractivity contribution is 5.48. The van der Waals surface area contributed by atoms with Gasteiger partial charge in [-0.2, -0.15) is 0 Å². The Bertz CT molecular complexity index is 256. The summed E-state index contributed by atoms with van der Waals surface area (Å²) in [4.78, 5) is 4.54. The van der Waals surface area contributed by atoms with Gasteiger partial charge in [0.05, 0.1) is 6.61 Å². The van der Waals surface area contributed by atoms with Crippen molar-refractivity contribution in [2.75, 3.05) is 6.61 Å². The van der Waals surface area contributed by atoms with Crippen molar-refractivity contribution in [3.05, 3.63) is 42.0 Å². The Labute approximate surface area is 79.0 Å². The molecule has 2 nitrogen and oxygen atoms in total. The van der Waals surface area contributed by atoms with Gasteiger partial charge in [0.1, 0.15) is 0 Å². The van der Waals surface area contributed by atoms with Crippen molar-refractivity contribution < 1.29 is 4.84 Å². The van der Waals surface area contributed by atoms with Crippen LogP contribution in [0.4, 0.5) is 0 Å². The smallest absolute Gasteiger partial charge is 0.0739 e. The minimum atomic E-state index is 0.352. The first-order chi connectivity index (χ1) is 6.33. The van der Waals surface area contributed by atoms with E-state index in [0.717, 1.165) is 0 Å². The highest BCUT2D eigenvalue weighted by Gasteiger charge is 1.94. The molecule has 2 heteroatoms. The molecular formula is C11H15NO. The lowest BCUT2D eigenvalue weighted by Gasteiger charge is -2.02. The zero-order valence-corrected chi connectivity index (χ0v) is 7.81. The molecule has 2 N–H and O–H groups in total. The molecule has 70 valence electrons. The van der Waals surface area contributed by atoms with E-state index in [1.807, 2.05) is 18.2 Å². The van der Waals surface area contributed by atoms with Gasteiger partial charge >= 0.3 is 0 Å². The number of hydrogen-bond acceptors (Lipinski definition) is 2. The van der Waals surface area contributed by atoms with E-state index in [4.69, 9.17) is 5.90 Å². The molecule has 0 aliphatic carbocycles. The van der Waals surface area contributed by atoms with E-state index in [-0.39, 0.29) is 0 Å². The van der Waals surface area contributed by atoms with E-state index < -0.39 is 0 Å². The van der Waals surface area contributed by atoms with Gasteiger partial charge in [0.25, 0.3) is 0 Å². The lowest BCUT2D eigenvalue weighted by molar-refractivity contribution is 0.120. The van der Waals surface area contributed by atoms with Crippen molar-refractivity contribution in [2.24, 2.45) is 11.8 Å². The zero-order chi connectivity index (χ0) is 9.52. The van der Waals surface area contributed by atoms with Crippen molar-refractivity contribution >= 4 is 6.08 Å². The second-order valence-electron chi connectivity index (χ2n) is 3.08. The Morgan fingerprint density at radius 2 is 2.08 bits per heavy atom. The predicted octanol–water partition coefficient (Wildman–Crippen LogP) is 2.23. The van der Waals surface area contributed by atoms with E-state index in [1.165, 1.54) is 5.56 Å². The fraction of sp³-hybridized carbons (Fsp3) is 0.273. The SMILES string of the molecule is CC(/C=C/c1ccccc1)CON. The monoisotopic (exact) mass is 177 g/mol. The molecule has 0 saturated carbocycles. The summed E-state index contributed by atoms with van der Waals surface area (Å²) in [5.74, 6) is 5.32. The first kappa shape index (κ1) is 9.96. The molecule has 0 aromatic heterocycles. The molecule has 0 fully saturated rings. The Morgan fingerprint density at radius 1 is 1.38 bits per heavy atom. The van der Waals surface area contributed by atoms with E-state index in [1.54, 1.807) is 0 Å².